The molecule has 0 bridgehead atoms. The van der Waals surface area contributed by atoms with Crippen LogP contribution < -0.4 is 0 Å². The monoisotopic (exact) mass is 212 g/mol. The number of ether oxygens (including phenoxy) is 1. The Morgan fingerprint density at radius 1 is 1.13 bits per heavy atom. The molecule has 0 aromatic carbocycles. The zero-order valence-corrected chi connectivity index (χ0v) is 8.95. The molecule has 15 heavy (non-hydrogen) atoms. The van der Waals surface area contributed by atoms with Gasteiger partial charge in [0.2, 0.25) is 5.78 Å². The molecule has 0 atom stereocenters. The molecule has 4 heteroatoms. The second kappa shape index (κ2) is 5.63. The Labute approximate surface area is 89.0 Å². The summed E-state index contributed by atoms with van der Waals surface area (Å²) in [6, 6.07) is 0. The van der Waals surface area contributed by atoms with Gasteiger partial charge in [-0.05, 0) is 19.8 Å². The molecule has 4 nitrogen and oxygen atoms in total. The summed E-state index contributed by atoms with van der Waals surface area (Å²) in [6.07, 6.45) is 4.49. The second-order valence-electron chi connectivity index (χ2n) is 3.75. The first-order valence-corrected chi connectivity index (χ1v) is 5.42. The van der Waals surface area contributed by atoms with Gasteiger partial charge in [-0.15, -0.1) is 0 Å². The number of rotatable bonds is 4. The van der Waals surface area contributed by atoms with Crippen molar-refractivity contribution in [2.75, 3.05) is 6.61 Å². The number of carbonyl (C=O) groups excluding carboxylic acids is 3. The fraction of sp³-hybridized carbons (Fsp3) is 0.727. The predicted octanol–water partition coefficient (Wildman–Crippen LogP) is 1.27. The zero-order chi connectivity index (χ0) is 11.3. The minimum atomic E-state index is -1.01. The van der Waals surface area contributed by atoms with Crippen LogP contribution in [0, 0.1) is 5.92 Å². The molecule has 84 valence electrons. The van der Waals surface area contributed by atoms with Gasteiger partial charge in [-0.1, -0.05) is 19.3 Å². The number of carbonyl (C=O) groups is 3. The molecule has 0 amide bonds. The lowest BCUT2D eigenvalue weighted by Crippen LogP contribution is -2.32. The maximum absolute atomic E-state index is 11.6. The van der Waals surface area contributed by atoms with E-state index >= 15 is 0 Å². The van der Waals surface area contributed by atoms with Crippen LogP contribution in [0.4, 0.5) is 0 Å². The quantitative estimate of drug-likeness (QED) is 0.400. The van der Waals surface area contributed by atoms with Crippen molar-refractivity contribution in [2.45, 2.75) is 39.0 Å². The van der Waals surface area contributed by atoms with Gasteiger partial charge in [0.25, 0.3) is 0 Å². The summed E-state index contributed by atoms with van der Waals surface area (Å²) in [7, 11) is 0. The minimum Gasteiger partial charge on any atom is -0.460 e. The highest BCUT2D eigenvalue weighted by molar-refractivity contribution is 6.62. The number of hydrogen-bond donors (Lipinski definition) is 0. The van der Waals surface area contributed by atoms with E-state index in [1.165, 1.54) is 0 Å². The zero-order valence-electron chi connectivity index (χ0n) is 8.95. The van der Waals surface area contributed by atoms with Crippen LogP contribution in [0.5, 0.6) is 0 Å². The van der Waals surface area contributed by atoms with E-state index in [1.54, 1.807) is 6.92 Å². The number of Topliss-reactive ketones (excluding diaryl/α,β-unsaturated/α-hetero) is 2. The van der Waals surface area contributed by atoms with Gasteiger partial charge >= 0.3 is 11.8 Å². The Morgan fingerprint density at radius 2 is 1.73 bits per heavy atom. The fourth-order valence-corrected chi connectivity index (χ4v) is 1.85. The third kappa shape index (κ3) is 3.15. The molecule has 1 aliphatic carbocycles. The van der Waals surface area contributed by atoms with Crippen molar-refractivity contribution in [1.82, 2.24) is 0 Å². The summed E-state index contributed by atoms with van der Waals surface area (Å²) in [5.74, 6) is -2.80. The SMILES string of the molecule is CCOC(=O)C(=O)C(=O)C1CCCCC1. The van der Waals surface area contributed by atoms with Crippen LogP contribution >= 0.6 is 0 Å². The van der Waals surface area contributed by atoms with E-state index in [4.69, 9.17) is 0 Å². The fourth-order valence-electron chi connectivity index (χ4n) is 1.85. The maximum Gasteiger partial charge on any atom is 0.382 e. The van der Waals surface area contributed by atoms with Crippen LogP contribution in [0.1, 0.15) is 39.0 Å². The van der Waals surface area contributed by atoms with Crippen LogP contribution in [-0.4, -0.2) is 24.1 Å². The number of ketones is 2. The number of esters is 1. The highest BCUT2D eigenvalue weighted by Gasteiger charge is 2.31. The van der Waals surface area contributed by atoms with Gasteiger partial charge in [0.15, 0.2) is 0 Å². The molecular formula is C11H16O4. The molecule has 0 unspecified atom stereocenters. The molecule has 0 N–H and O–H groups in total. The standard InChI is InChI=1S/C11H16O4/c1-2-15-11(14)10(13)9(12)8-6-4-3-5-7-8/h8H,2-7H2,1H3. The van der Waals surface area contributed by atoms with Crippen LogP contribution in [0.15, 0.2) is 0 Å². The molecule has 0 spiro atoms. The lowest BCUT2D eigenvalue weighted by Gasteiger charge is -2.18. The van der Waals surface area contributed by atoms with Gasteiger partial charge in [0.1, 0.15) is 0 Å². The minimum absolute atomic E-state index is 0.128. The molecule has 1 fully saturated rings. The van der Waals surface area contributed by atoms with Crippen molar-refractivity contribution in [1.29, 1.82) is 0 Å². The lowest BCUT2D eigenvalue weighted by atomic mass is 9.85. The van der Waals surface area contributed by atoms with E-state index in [1.807, 2.05) is 0 Å². The first-order valence-electron chi connectivity index (χ1n) is 5.42. The average Bonchev–Trinajstić information content (AvgIpc) is 2.28. The summed E-state index contributed by atoms with van der Waals surface area (Å²) in [6.45, 7) is 1.73. The van der Waals surface area contributed by atoms with Crippen LogP contribution in [0.3, 0.4) is 0 Å². The summed E-state index contributed by atoms with van der Waals surface area (Å²) < 4.78 is 4.51. The van der Waals surface area contributed by atoms with Gasteiger partial charge in [-0.2, -0.15) is 0 Å². The molecule has 0 radical (unpaired) electrons. The second-order valence-corrected chi connectivity index (χ2v) is 3.75. The maximum atomic E-state index is 11.6. The van der Waals surface area contributed by atoms with Crippen LogP contribution in [0.25, 0.3) is 0 Å². The van der Waals surface area contributed by atoms with Gasteiger partial charge in [-0.25, -0.2) is 4.79 Å². The summed E-state index contributed by atoms with van der Waals surface area (Å²) in [5, 5.41) is 0. The summed E-state index contributed by atoms with van der Waals surface area (Å²) in [5.41, 5.74) is 0. The van der Waals surface area contributed by atoms with Crippen molar-refractivity contribution < 1.29 is 19.1 Å². The molecule has 0 aromatic rings. The third-order valence-corrected chi connectivity index (χ3v) is 2.66. The first kappa shape index (κ1) is 11.9. The van der Waals surface area contributed by atoms with Gasteiger partial charge in [0, 0.05) is 5.92 Å². The van der Waals surface area contributed by atoms with Crippen molar-refractivity contribution in [2.24, 2.45) is 5.92 Å². The molecule has 1 aliphatic rings. The third-order valence-electron chi connectivity index (χ3n) is 2.66. The largest absolute Gasteiger partial charge is 0.460 e. The van der Waals surface area contributed by atoms with Crippen molar-refractivity contribution in [3.63, 3.8) is 0 Å². The van der Waals surface area contributed by atoms with E-state index in [-0.39, 0.29) is 12.5 Å². The van der Waals surface area contributed by atoms with Gasteiger partial charge < -0.3 is 4.74 Å². The van der Waals surface area contributed by atoms with E-state index < -0.39 is 17.5 Å². The Morgan fingerprint density at radius 3 is 2.27 bits per heavy atom. The normalized spacial score (nSPS) is 17.1. The highest BCUT2D eigenvalue weighted by atomic mass is 16.5. The Bertz CT molecular complexity index is 264. The molecule has 0 aliphatic heterocycles. The summed E-state index contributed by atoms with van der Waals surface area (Å²) in [4.78, 5) is 33.9. The number of hydrogen-bond acceptors (Lipinski definition) is 4. The molecule has 0 heterocycles. The average molecular weight is 212 g/mol. The molecule has 1 rings (SSSR count). The van der Waals surface area contributed by atoms with E-state index in [0.717, 1.165) is 32.1 Å². The first-order chi connectivity index (χ1) is 7.16. The summed E-state index contributed by atoms with van der Waals surface area (Å²) >= 11 is 0. The topological polar surface area (TPSA) is 60.4 Å². The van der Waals surface area contributed by atoms with Crippen molar-refractivity contribution in [3.05, 3.63) is 0 Å². The van der Waals surface area contributed by atoms with Gasteiger partial charge in [-0.3, -0.25) is 9.59 Å². The van der Waals surface area contributed by atoms with Crippen LogP contribution in [-0.2, 0) is 19.1 Å². The van der Waals surface area contributed by atoms with E-state index in [0.29, 0.717) is 0 Å². The predicted molar refractivity (Wildman–Crippen MR) is 53.2 cm³/mol. The smallest absolute Gasteiger partial charge is 0.382 e. The van der Waals surface area contributed by atoms with Gasteiger partial charge in [0.05, 0.1) is 6.61 Å². The Kier molecular flexibility index (Phi) is 4.46. The highest BCUT2D eigenvalue weighted by Crippen LogP contribution is 2.24. The van der Waals surface area contributed by atoms with Crippen LogP contribution in [0.2, 0.25) is 0 Å². The van der Waals surface area contributed by atoms with Crippen molar-refractivity contribution in [3.8, 4) is 0 Å². The Balaban J connectivity index is 2.51. The Hall–Kier alpha value is -1.19. The molecule has 0 saturated heterocycles. The van der Waals surface area contributed by atoms with E-state index in [2.05, 4.69) is 4.74 Å². The molecular weight excluding hydrogens is 196 g/mol. The molecule has 1 saturated carbocycles. The van der Waals surface area contributed by atoms with Crippen molar-refractivity contribution >= 4 is 17.5 Å². The molecule has 0 aromatic heterocycles. The lowest BCUT2D eigenvalue weighted by molar-refractivity contribution is -0.157. The van der Waals surface area contributed by atoms with E-state index in [9.17, 15) is 14.4 Å².